The van der Waals surface area contributed by atoms with E-state index in [1.54, 1.807) is 36.1 Å². The van der Waals surface area contributed by atoms with Crippen molar-refractivity contribution in [2.24, 2.45) is 11.7 Å². The Morgan fingerprint density at radius 3 is 2.26 bits per heavy atom. The van der Waals surface area contributed by atoms with Crippen LogP contribution >= 0.6 is 0 Å². The van der Waals surface area contributed by atoms with Gasteiger partial charge in [-0.15, -0.1) is 0 Å². The van der Waals surface area contributed by atoms with Crippen molar-refractivity contribution in [1.82, 2.24) is 4.90 Å². The van der Waals surface area contributed by atoms with Gasteiger partial charge in [0.2, 0.25) is 21.8 Å². The molecule has 0 bridgehead atoms. The number of amides is 2. The van der Waals surface area contributed by atoms with Crippen LogP contribution in [0.1, 0.15) is 26.7 Å². The Hall–Kier alpha value is -2.29. The molecule has 1 fully saturated rings. The summed E-state index contributed by atoms with van der Waals surface area (Å²) in [5.41, 5.74) is 5.72. The third-order valence-electron chi connectivity index (χ3n) is 4.68. The molecule has 1 aromatic carbocycles. The van der Waals surface area contributed by atoms with Gasteiger partial charge in [0.05, 0.1) is 18.6 Å². The largest absolute Gasteiger partial charge is 0.494 e. The standard InChI is InChI=1S/C18H27N3O5S/c1-4-26-16-7-5-15(6-8-16)21(27(3,24)25)13(2)18(23)20-11-9-14(10-12-20)17(19)22/h5-8,13-14H,4,9-12H2,1-3H3,(H2,19,22)/t13-/m1/s1. The smallest absolute Gasteiger partial charge is 0.246 e. The molecule has 0 radical (unpaired) electrons. The summed E-state index contributed by atoms with van der Waals surface area (Å²) < 4.78 is 31.2. The number of carbonyl (C=O) groups is 2. The van der Waals surface area contributed by atoms with Crippen molar-refractivity contribution >= 4 is 27.5 Å². The summed E-state index contributed by atoms with van der Waals surface area (Å²) >= 11 is 0. The molecule has 9 heteroatoms. The quantitative estimate of drug-likeness (QED) is 0.737. The Kier molecular flexibility index (Phi) is 6.69. The molecule has 0 unspecified atom stereocenters. The molecular formula is C18H27N3O5S. The fourth-order valence-corrected chi connectivity index (χ4v) is 4.48. The average molecular weight is 397 g/mol. The SMILES string of the molecule is CCOc1ccc(N([C@H](C)C(=O)N2CCC(C(N)=O)CC2)S(C)(=O)=O)cc1. The van der Waals surface area contributed by atoms with Gasteiger partial charge >= 0.3 is 0 Å². The molecule has 2 rings (SSSR count). The van der Waals surface area contributed by atoms with Crippen molar-refractivity contribution < 1.29 is 22.7 Å². The van der Waals surface area contributed by atoms with Crippen molar-refractivity contribution in [3.63, 3.8) is 0 Å². The molecule has 150 valence electrons. The van der Waals surface area contributed by atoms with Gasteiger partial charge in [-0.2, -0.15) is 0 Å². The first-order valence-corrected chi connectivity index (χ1v) is 10.8. The molecule has 8 nitrogen and oxygen atoms in total. The molecule has 0 aromatic heterocycles. The monoisotopic (exact) mass is 397 g/mol. The molecule has 0 aliphatic carbocycles. The zero-order valence-corrected chi connectivity index (χ0v) is 16.7. The minimum absolute atomic E-state index is 0.235. The number of anilines is 1. The summed E-state index contributed by atoms with van der Waals surface area (Å²) in [6.45, 7) is 4.71. The second kappa shape index (κ2) is 8.60. The molecule has 1 aliphatic heterocycles. The van der Waals surface area contributed by atoms with Crippen molar-refractivity contribution in [2.45, 2.75) is 32.7 Å². The number of piperidine rings is 1. The Bertz CT molecular complexity index is 771. The molecule has 2 N–H and O–H groups in total. The maximum atomic E-state index is 12.9. The topological polar surface area (TPSA) is 110 Å². The zero-order chi connectivity index (χ0) is 20.2. The highest BCUT2D eigenvalue weighted by Gasteiger charge is 2.34. The predicted molar refractivity (Wildman–Crippen MR) is 103 cm³/mol. The van der Waals surface area contributed by atoms with Crippen LogP contribution in [0.15, 0.2) is 24.3 Å². The highest BCUT2D eigenvalue weighted by atomic mass is 32.2. The average Bonchev–Trinajstić information content (AvgIpc) is 2.62. The number of hydrogen-bond donors (Lipinski definition) is 1. The van der Waals surface area contributed by atoms with E-state index < -0.39 is 16.1 Å². The third-order valence-corrected chi connectivity index (χ3v) is 5.92. The van der Waals surface area contributed by atoms with E-state index in [1.165, 1.54) is 0 Å². The lowest BCUT2D eigenvalue weighted by molar-refractivity contribution is -0.135. The molecule has 1 aliphatic rings. The van der Waals surface area contributed by atoms with Crippen LogP contribution in [0.5, 0.6) is 5.75 Å². The molecular weight excluding hydrogens is 370 g/mol. The third kappa shape index (κ3) is 5.12. The molecule has 0 saturated carbocycles. The van der Waals surface area contributed by atoms with Gasteiger partial charge < -0.3 is 15.4 Å². The van der Waals surface area contributed by atoms with E-state index in [0.29, 0.717) is 44.0 Å². The van der Waals surface area contributed by atoms with E-state index in [2.05, 4.69) is 0 Å². The Morgan fingerprint density at radius 1 is 1.26 bits per heavy atom. The fraction of sp³-hybridized carbons (Fsp3) is 0.556. The van der Waals surface area contributed by atoms with Crippen LogP contribution in [-0.4, -0.2) is 57.1 Å². The Morgan fingerprint density at radius 2 is 1.81 bits per heavy atom. The summed E-state index contributed by atoms with van der Waals surface area (Å²) in [7, 11) is -3.68. The molecule has 0 spiro atoms. The second-order valence-corrected chi connectivity index (χ2v) is 8.52. The number of hydrogen-bond acceptors (Lipinski definition) is 5. The highest BCUT2D eigenvalue weighted by Crippen LogP contribution is 2.26. The van der Waals surface area contributed by atoms with E-state index in [1.807, 2.05) is 6.92 Å². The number of rotatable bonds is 7. The molecule has 2 amide bonds. The van der Waals surface area contributed by atoms with Gasteiger partial charge in [0.15, 0.2) is 0 Å². The van der Waals surface area contributed by atoms with Crippen LogP contribution in [0.3, 0.4) is 0 Å². The maximum Gasteiger partial charge on any atom is 0.246 e. The number of sulfonamides is 1. The number of ether oxygens (including phenoxy) is 1. The first-order valence-electron chi connectivity index (χ1n) is 8.95. The van der Waals surface area contributed by atoms with Crippen LogP contribution in [0.25, 0.3) is 0 Å². The molecule has 1 saturated heterocycles. The van der Waals surface area contributed by atoms with E-state index in [4.69, 9.17) is 10.5 Å². The van der Waals surface area contributed by atoms with E-state index in [0.717, 1.165) is 10.6 Å². The van der Waals surface area contributed by atoms with E-state index in [-0.39, 0.29) is 17.7 Å². The summed E-state index contributed by atoms with van der Waals surface area (Å²) in [5, 5.41) is 0. The minimum Gasteiger partial charge on any atom is -0.494 e. The summed E-state index contributed by atoms with van der Waals surface area (Å²) in [6.07, 6.45) is 2.07. The molecule has 1 heterocycles. The number of primary amides is 1. The van der Waals surface area contributed by atoms with Crippen LogP contribution in [0, 0.1) is 5.92 Å². The minimum atomic E-state index is -3.68. The first kappa shape index (κ1) is 21.0. The van der Waals surface area contributed by atoms with Crippen LogP contribution in [-0.2, 0) is 19.6 Å². The van der Waals surface area contributed by atoms with Crippen molar-refractivity contribution in [3.8, 4) is 5.75 Å². The summed E-state index contributed by atoms with van der Waals surface area (Å²) in [5.74, 6) is -0.261. The number of likely N-dealkylation sites (tertiary alicyclic amines) is 1. The van der Waals surface area contributed by atoms with Gasteiger partial charge in [0.25, 0.3) is 0 Å². The van der Waals surface area contributed by atoms with Gasteiger partial charge in [-0.25, -0.2) is 8.42 Å². The van der Waals surface area contributed by atoms with Gasteiger partial charge in [-0.1, -0.05) is 0 Å². The van der Waals surface area contributed by atoms with Crippen molar-refractivity contribution in [3.05, 3.63) is 24.3 Å². The van der Waals surface area contributed by atoms with Crippen molar-refractivity contribution in [1.29, 1.82) is 0 Å². The van der Waals surface area contributed by atoms with Gasteiger partial charge in [0, 0.05) is 19.0 Å². The predicted octanol–water partition coefficient (Wildman–Crippen LogP) is 0.964. The summed E-state index contributed by atoms with van der Waals surface area (Å²) in [4.78, 5) is 25.8. The Balaban J connectivity index is 2.19. The second-order valence-electron chi connectivity index (χ2n) is 6.66. The number of carbonyl (C=O) groups excluding carboxylic acids is 2. The first-order chi connectivity index (χ1) is 12.6. The van der Waals surface area contributed by atoms with Crippen molar-refractivity contribution in [2.75, 3.05) is 30.3 Å². The van der Waals surface area contributed by atoms with E-state index >= 15 is 0 Å². The lowest BCUT2D eigenvalue weighted by atomic mass is 9.96. The molecule has 1 aromatic rings. The normalized spacial score (nSPS) is 16.6. The fourth-order valence-electron chi connectivity index (χ4n) is 3.31. The summed E-state index contributed by atoms with van der Waals surface area (Å²) in [6, 6.07) is 5.69. The number of nitrogens with two attached hydrogens (primary N) is 1. The lowest BCUT2D eigenvalue weighted by Crippen LogP contribution is -2.52. The van der Waals surface area contributed by atoms with Gasteiger partial charge in [-0.3, -0.25) is 13.9 Å². The molecule has 27 heavy (non-hydrogen) atoms. The van der Waals surface area contributed by atoms with Crippen LogP contribution in [0.2, 0.25) is 0 Å². The zero-order valence-electron chi connectivity index (χ0n) is 15.9. The van der Waals surface area contributed by atoms with Gasteiger partial charge in [-0.05, 0) is 51.0 Å². The van der Waals surface area contributed by atoms with Crippen LogP contribution < -0.4 is 14.8 Å². The van der Waals surface area contributed by atoms with Crippen LogP contribution in [0.4, 0.5) is 5.69 Å². The Labute approximate surface area is 160 Å². The van der Waals surface area contributed by atoms with E-state index in [9.17, 15) is 18.0 Å². The maximum absolute atomic E-state index is 12.9. The highest BCUT2D eigenvalue weighted by molar-refractivity contribution is 7.92. The molecule has 1 atom stereocenters. The lowest BCUT2D eigenvalue weighted by Gasteiger charge is -2.36. The number of benzene rings is 1. The van der Waals surface area contributed by atoms with Gasteiger partial charge in [0.1, 0.15) is 11.8 Å². The number of nitrogens with zero attached hydrogens (tertiary/aromatic N) is 2.